The molecule has 0 bridgehead atoms. The minimum absolute atomic E-state index is 0.421. The third-order valence-corrected chi connectivity index (χ3v) is 4.86. The van der Waals surface area contributed by atoms with Gasteiger partial charge in [0.2, 0.25) is 0 Å². The lowest BCUT2D eigenvalue weighted by atomic mass is 10.1. The summed E-state index contributed by atoms with van der Waals surface area (Å²) in [6, 6.07) is 10.5. The third kappa shape index (κ3) is 2.79. The number of halogens is 1. The topological polar surface area (TPSA) is 15.3 Å². The molecule has 1 unspecified atom stereocenters. The monoisotopic (exact) mass is 308 g/mol. The predicted molar refractivity (Wildman–Crippen MR) is 78.7 cm³/mol. The van der Waals surface area contributed by atoms with E-state index in [0.717, 1.165) is 6.04 Å². The van der Waals surface area contributed by atoms with E-state index in [4.69, 9.17) is 0 Å². The van der Waals surface area contributed by atoms with E-state index in [1.54, 1.807) is 0 Å². The lowest BCUT2D eigenvalue weighted by Crippen LogP contribution is -2.35. The van der Waals surface area contributed by atoms with Crippen LogP contribution in [-0.2, 0) is 0 Å². The molecule has 2 nitrogen and oxygen atoms in total. The van der Waals surface area contributed by atoms with Crippen molar-refractivity contribution < 1.29 is 0 Å². The van der Waals surface area contributed by atoms with E-state index in [1.807, 2.05) is 0 Å². The van der Waals surface area contributed by atoms with Crippen molar-refractivity contribution in [3.63, 3.8) is 0 Å². The van der Waals surface area contributed by atoms with Gasteiger partial charge in [-0.25, -0.2) is 0 Å². The minimum Gasteiger partial charge on any atom is -0.306 e. The molecule has 2 fully saturated rings. The van der Waals surface area contributed by atoms with E-state index in [1.165, 1.54) is 42.4 Å². The van der Waals surface area contributed by atoms with Crippen LogP contribution in [0.3, 0.4) is 0 Å². The Morgan fingerprint density at radius 2 is 2.06 bits per heavy atom. The molecule has 98 valence electrons. The number of benzene rings is 1. The first kappa shape index (κ1) is 12.6. The Bertz CT molecular complexity index is 417. The van der Waals surface area contributed by atoms with E-state index in [9.17, 15) is 0 Å². The van der Waals surface area contributed by atoms with Gasteiger partial charge in [0.25, 0.3) is 0 Å². The Morgan fingerprint density at radius 1 is 1.28 bits per heavy atom. The predicted octanol–water partition coefficient (Wildman–Crippen LogP) is 3.34. The van der Waals surface area contributed by atoms with Crippen LogP contribution < -0.4 is 5.32 Å². The van der Waals surface area contributed by atoms with Crippen molar-refractivity contribution in [2.45, 2.75) is 44.3 Å². The summed E-state index contributed by atoms with van der Waals surface area (Å²) < 4.78 is 1.21. The van der Waals surface area contributed by atoms with E-state index in [-0.39, 0.29) is 0 Å². The Balaban J connectivity index is 1.58. The highest BCUT2D eigenvalue weighted by molar-refractivity contribution is 9.10. The van der Waals surface area contributed by atoms with E-state index in [0.29, 0.717) is 12.1 Å². The van der Waals surface area contributed by atoms with Crippen LogP contribution in [0.15, 0.2) is 28.7 Å². The van der Waals surface area contributed by atoms with E-state index >= 15 is 0 Å². The maximum absolute atomic E-state index is 3.78. The lowest BCUT2D eigenvalue weighted by Gasteiger charge is -2.21. The fraction of sp³-hybridized carbons (Fsp3) is 0.600. The quantitative estimate of drug-likeness (QED) is 0.918. The summed E-state index contributed by atoms with van der Waals surface area (Å²) in [5.41, 5.74) is 1.36. The number of likely N-dealkylation sites (tertiary alicyclic amines) is 1. The fourth-order valence-corrected chi connectivity index (χ4v) is 3.59. The molecule has 3 rings (SSSR count). The van der Waals surface area contributed by atoms with Crippen LogP contribution in [0.4, 0.5) is 0 Å². The molecule has 0 radical (unpaired) electrons. The molecule has 2 atom stereocenters. The minimum atomic E-state index is 0.421. The average Bonchev–Trinajstić information content (AvgIpc) is 3.11. The van der Waals surface area contributed by atoms with E-state index < -0.39 is 0 Å². The first-order valence-electron chi connectivity index (χ1n) is 6.98. The van der Waals surface area contributed by atoms with Gasteiger partial charge >= 0.3 is 0 Å². The molecule has 2 aliphatic rings. The van der Waals surface area contributed by atoms with Gasteiger partial charge < -0.3 is 5.32 Å². The summed E-state index contributed by atoms with van der Waals surface area (Å²) in [7, 11) is 0. The molecule has 18 heavy (non-hydrogen) atoms. The zero-order valence-electron chi connectivity index (χ0n) is 10.9. The average molecular weight is 309 g/mol. The summed E-state index contributed by atoms with van der Waals surface area (Å²) in [4.78, 5) is 2.66. The van der Waals surface area contributed by atoms with Crippen LogP contribution in [-0.4, -0.2) is 30.1 Å². The molecule has 1 saturated carbocycles. The first-order chi connectivity index (χ1) is 8.74. The Hall–Kier alpha value is -0.380. The molecule has 1 heterocycles. The highest BCUT2D eigenvalue weighted by atomic mass is 79.9. The van der Waals surface area contributed by atoms with Crippen molar-refractivity contribution in [2.24, 2.45) is 0 Å². The van der Waals surface area contributed by atoms with Crippen molar-refractivity contribution in [2.75, 3.05) is 13.1 Å². The number of hydrogen-bond donors (Lipinski definition) is 1. The van der Waals surface area contributed by atoms with Crippen LogP contribution in [0.2, 0.25) is 0 Å². The van der Waals surface area contributed by atoms with Gasteiger partial charge in [-0.1, -0.05) is 34.1 Å². The van der Waals surface area contributed by atoms with Crippen molar-refractivity contribution in [1.29, 1.82) is 0 Å². The smallest absolute Gasteiger partial charge is 0.0306 e. The number of nitrogens with zero attached hydrogens (tertiary/aromatic N) is 1. The molecular weight excluding hydrogens is 288 g/mol. The maximum atomic E-state index is 3.78. The van der Waals surface area contributed by atoms with Gasteiger partial charge in [-0.3, -0.25) is 4.90 Å². The van der Waals surface area contributed by atoms with Crippen LogP contribution in [0.1, 0.15) is 37.8 Å². The molecule has 1 aromatic carbocycles. The van der Waals surface area contributed by atoms with Gasteiger partial charge in [0.05, 0.1) is 0 Å². The fourth-order valence-electron chi connectivity index (χ4n) is 2.96. The molecule has 1 aliphatic heterocycles. The van der Waals surface area contributed by atoms with Crippen LogP contribution in [0.25, 0.3) is 0 Å². The second-order valence-corrected chi connectivity index (χ2v) is 6.48. The molecule has 1 aromatic rings. The highest BCUT2D eigenvalue weighted by Crippen LogP contribution is 2.31. The van der Waals surface area contributed by atoms with Gasteiger partial charge in [-0.2, -0.15) is 0 Å². The van der Waals surface area contributed by atoms with Crippen LogP contribution in [0.5, 0.6) is 0 Å². The summed E-state index contributed by atoms with van der Waals surface area (Å²) in [6.07, 6.45) is 4.14. The largest absolute Gasteiger partial charge is 0.306 e. The van der Waals surface area contributed by atoms with Gasteiger partial charge in [0.1, 0.15) is 0 Å². The van der Waals surface area contributed by atoms with Crippen molar-refractivity contribution in [1.82, 2.24) is 10.2 Å². The molecule has 0 aromatic heterocycles. The molecular formula is C15H21BrN2. The van der Waals surface area contributed by atoms with Gasteiger partial charge in [-0.15, -0.1) is 0 Å². The van der Waals surface area contributed by atoms with E-state index in [2.05, 4.69) is 57.3 Å². The van der Waals surface area contributed by atoms with Gasteiger partial charge in [-0.05, 0) is 37.8 Å². The molecule has 0 amide bonds. The van der Waals surface area contributed by atoms with Gasteiger partial charge in [0, 0.05) is 35.7 Å². The third-order valence-electron chi connectivity index (χ3n) is 4.14. The second kappa shape index (κ2) is 5.32. The molecule has 3 heteroatoms. The summed E-state index contributed by atoms with van der Waals surface area (Å²) in [6.45, 7) is 4.78. The molecule has 0 spiro atoms. The molecule has 1 N–H and O–H groups in total. The van der Waals surface area contributed by atoms with Crippen molar-refractivity contribution in [3.05, 3.63) is 34.3 Å². The second-order valence-electron chi connectivity index (χ2n) is 5.62. The molecule has 1 aliphatic carbocycles. The number of rotatable bonds is 4. The Morgan fingerprint density at radius 3 is 2.78 bits per heavy atom. The van der Waals surface area contributed by atoms with Crippen molar-refractivity contribution >= 4 is 15.9 Å². The van der Waals surface area contributed by atoms with Crippen molar-refractivity contribution in [3.8, 4) is 0 Å². The van der Waals surface area contributed by atoms with Gasteiger partial charge in [0.15, 0.2) is 0 Å². The number of hydrogen-bond acceptors (Lipinski definition) is 2. The summed E-state index contributed by atoms with van der Waals surface area (Å²) in [5, 5.41) is 3.78. The summed E-state index contributed by atoms with van der Waals surface area (Å²) in [5.74, 6) is 0. The standard InChI is InChI=1S/C15H21BrN2/c1-11(14-4-2-3-5-15(14)16)17-12-8-9-18(10-12)13-6-7-13/h2-5,11-13,17H,6-10H2,1H3/t11-,12?/m1/s1. The molecule has 1 saturated heterocycles. The normalized spacial score (nSPS) is 26.4. The first-order valence-corrected chi connectivity index (χ1v) is 7.78. The zero-order valence-corrected chi connectivity index (χ0v) is 12.5. The Labute approximate surface area is 118 Å². The SMILES string of the molecule is C[C@@H](NC1CCN(C2CC2)C1)c1ccccc1Br. The Kier molecular flexibility index (Phi) is 3.73. The highest BCUT2D eigenvalue weighted by Gasteiger charge is 2.34. The van der Waals surface area contributed by atoms with Crippen LogP contribution >= 0.6 is 15.9 Å². The summed E-state index contributed by atoms with van der Waals surface area (Å²) >= 11 is 3.64. The zero-order chi connectivity index (χ0) is 12.5. The maximum Gasteiger partial charge on any atom is 0.0306 e. The van der Waals surface area contributed by atoms with Crippen LogP contribution in [0, 0.1) is 0 Å². The number of nitrogens with one attached hydrogen (secondary N) is 1. The lowest BCUT2D eigenvalue weighted by molar-refractivity contribution is 0.313.